The van der Waals surface area contributed by atoms with Crippen LogP contribution in [0.5, 0.6) is 11.5 Å². The highest BCUT2D eigenvalue weighted by atomic mass is 16.5. The number of carbonyl (C=O) groups is 4. The molecule has 12 heteroatoms. The molecule has 0 spiro atoms. The molecule has 0 bridgehead atoms. The first-order valence-electron chi connectivity index (χ1n) is 15.6. The quantitative estimate of drug-likeness (QED) is 0.180. The maximum atomic E-state index is 13.0. The van der Waals surface area contributed by atoms with E-state index in [0.29, 0.717) is 37.4 Å². The van der Waals surface area contributed by atoms with Crippen LogP contribution in [0.2, 0.25) is 0 Å². The summed E-state index contributed by atoms with van der Waals surface area (Å²) in [7, 11) is 1.59. The summed E-state index contributed by atoms with van der Waals surface area (Å²) in [6, 6.07) is 10.9. The number of nitrogens with zero attached hydrogens (tertiary/aromatic N) is 2. The van der Waals surface area contributed by atoms with Crippen molar-refractivity contribution in [3.05, 3.63) is 53.7 Å². The van der Waals surface area contributed by atoms with Crippen LogP contribution in [-0.2, 0) is 20.8 Å². The largest absolute Gasteiger partial charge is 0.497 e. The molecule has 4 N–H and O–H groups in total. The zero-order chi connectivity index (χ0) is 32.2. The van der Waals surface area contributed by atoms with Crippen molar-refractivity contribution >= 4 is 34.5 Å². The van der Waals surface area contributed by atoms with Gasteiger partial charge in [0.15, 0.2) is 0 Å². The molecule has 0 saturated carbocycles. The van der Waals surface area contributed by atoms with Gasteiger partial charge in [-0.1, -0.05) is 26.7 Å². The van der Waals surface area contributed by atoms with Crippen LogP contribution in [0, 0.1) is 11.8 Å². The predicted octanol–water partition coefficient (Wildman–Crippen LogP) is 2.83. The summed E-state index contributed by atoms with van der Waals surface area (Å²) >= 11 is 0. The van der Waals surface area contributed by atoms with Gasteiger partial charge < -0.3 is 30.3 Å². The Morgan fingerprint density at radius 2 is 1.80 bits per heavy atom. The zero-order valence-corrected chi connectivity index (χ0v) is 26.3. The predicted molar refractivity (Wildman–Crippen MR) is 170 cm³/mol. The maximum Gasteiger partial charge on any atom is 0.251 e. The van der Waals surface area contributed by atoms with E-state index in [1.54, 1.807) is 19.4 Å². The standard InChI is InChI=1S/C33H44N6O6/c1-22(2)19-39(31(41)18-36-33(43)26-15-24-16-27(44-3)9-11-29(24)45-21-26)20-30(40)34-12-6-4-5-7-13-35-32(42)23-8-10-28-25(14-23)17-37-38-28/h8-11,14,16-17,22,26H,4-7,12-13,15,18-21H2,1-3H3,(H,34,40)(H,35,42)(H,36,43)(H,37,38). The second kappa shape index (κ2) is 16.5. The van der Waals surface area contributed by atoms with Gasteiger partial charge in [-0.3, -0.25) is 24.3 Å². The lowest BCUT2D eigenvalue weighted by Gasteiger charge is -2.26. The average molecular weight is 621 g/mol. The van der Waals surface area contributed by atoms with Crippen molar-refractivity contribution in [2.75, 3.05) is 46.4 Å². The molecule has 1 aliphatic heterocycles. The maximum absolute atomic E-state index is 13.0. The van der Waals surface area contributed by atoms with Crippen LogP contribution in [0.25, 0.3) is 10.9 Å². The third kappa shape index (κ3) is 9.95. The first kappa shape index (κ1) is 33.3. The molecule has 1 aromatic heterocycles. The number of methoxy groups -OCH3 is 1. The third-order valence-electron chi connectivity index (χ3n) is 7.65. The highest BCUT2D eigenvalue weighted by Crippen LogP contribution is 2.30. The van der Waals surface area contributed by atoms with E-state index in [2.05, 4.69) is 26.1 Å². The van der Waals surface area contributed by atoms with Crippen molar-refractivity contribution < 1.29 is 28.7 Å². The molecular weight excluding hydrogens is 576 g/mol. The summed E-state index contributed by atoms with van der Waals surface area (Å²) < 4.78 is 11.0. The topological polar surface area (TPSA) is 155 Å². The molecule has 12 nitrogen and oxygen atoms in total. The summed E-state index contributed by atoms with van der Waals surface area (Å²) in [5, 5.41) is 16.3. The number of unbranched alkanes of at least 4 members (excludes halogenated alkanes) is 3. The van der Waals surface area contributed by atoms with E-state index in [0.717, 1.165) is 47.9 Å². The SMILES string of the molecule is COc1ccc2c(c1)CC(C(=O)NCC(=O)N(CC(=O)NCCCCCCNC(=O)c1ccc3[nH]ncc3c1)CC(C)C)CO2. The van der Waals surface area contributed by atoms with E-state index in [1.165, 1.54) is 4.90 Å². The molecular formula is C33H44N6O6. The molecule has 1 aliphatic rings. The molecule has 0 aliphatic carbocycles. The molecule has 4 amide bonds. The third-order valence-corrected chi connectivity index (χ3v) is 7.65. The molecule has 45 heavy (non-hydrogen) atoms. The summed E-state index contributed by atoms with van der Waals surface area (Å²) in [6.45, 7) is 5.42. The molecule has 1 atom stereocenters. The number of amides is 4. The van der Waals surface area contributed by atoms with Crippen LogP contribution in [0.4, 0.5) is 0 Å². The van der Waals surface area contributed by atoms with Crippen molar-refractivity contribution in [1.82, 2.24) is 31.0 Å². The van der Waals surface area contributed by atoms with Crippen molar-refractivity contribution in [2.45, 2.75) is 46.0 Å². The minimum absolute atomic E-state index is 0.0662. The van der Waals surface area contributed by atoms with Crippen molar-refractivity contribution in [3.63, 3.8) is 0 Å². The van der Waals surface area contributed by atoms with Crippen molar-refractivity contribution in [2.24, 2.45) is 11.8 Å². The van der Waals surface area contributed by atoms with Gasteiger partial charge >= 0.3 is 0 Å². The first-order chi connectivity index (χ1) is 21.7. The Hall–Kier alpha value is -4.61. The number of benzene rings is 2. The second-order valence-corrected chi connectivity index (χ2v) is 11.8. The molecule has 4 rings (SSSR count). The minimum atomic E-state index is -0.423. The van der Waals surface area contributed by atoms with E-state index in [-0.39, 0.29) is 49.2 Å². The molecule has 2 heterocycles. The number of carbonyl (C=O) groups excluding carboxylic acids is 4. The van der Waals surface area contributed by atoms with E-state index in [4.69, 9.17) is 9.47 Å². The molecule has 1 unspecified atom stereocenters. The van der Waals surface area contributed by atoms with Crippen LogP contribution in [-0.4, -0.2) is 85.2 Å². The van der Waals surface area contributed by atoms with Gasteiger partial charge in [0.25, 0.3) is 5.91 Å². The lowest BCUT2D eigenvalue weighted by molar-refractivity contribution is -0.137. The molecule has 3 aromatic rings. The second-order valence-electron chi connectivity index (χ2n) is 11.8. The Morgan fingerprint density at radius 1 is 1.02 bits per heavy atom. The summed E-state index contributed by atoms with van der Waals surface area (Å²) in [6.07, 6.45) is 5.63. The average Bonchev–Trinajstić information content (AvgIpc) is 3.51. The monoisotopic (exact) mass is 620 g/mol. The molecule has 0 radical (unpaired) electrons. The van der Waals surface area contributed by atoms with Gasteiger partial charge in [-0.15, -0.1) is 0 Å². The Labute approximate surface area is 263 Å². The fourth-order valence-corrected chi connectivity index (χ4v) is 5.23. The van der Waals surface area contributed by atoms with Crippen LogP contribution in [0.15, 0.2) is 42.6 Å². The van der Waals surface area contributed by atoms with E-state index in [9.17, 15) is 19.2 Å². The molecule has 2 aromatic carbocycles. The van der Waals surface area contributed by atoms with E-state index < -0.39 is 5.92 Å². The van der Waals surface area contributed by atoms with Crippen LogP contribution in [0.3, 0.4) is 0 Å². The minimum Gasteiger partial charge on any atom is -0.497 e. The highest BCUT2D eigenvalue weighted by molar-refractivity contribution is 5.97. The Kier molecular flexibility index (Phi) is 12.2. The zero-order valence-electron chi connectivity index (χ0n) is 26.3. The molecule has 0 fully saturated rings. The summed E-state index contributed by atoms with van der Waals surface area (Å²) in [5.41, 5.74) is 2.38. The van der Waals surface area contributed by atoms with Crippen molar-refractivity contribution in [1.29, 1.82) is 0 Å². The highest BCUT2D eigenvalue weighted by Gasteiger charge is 2.27. The van der Waals surface area contributed by atoms with Crippen LogP contribution < -0.4 is 25.4 Å². The summed E-state index contributed by atoms with van der Waals surface area (Å²) in [4.78, 5) is 52.3. The number of nitrogens with one attached hydrogen (secondary N) is 4. The van der Waals surface area contributed by atoms with Gasteiger partial charge in [-0.2, -0.15) is 5.10 Å². The van der Waals surface area contributed by atoms with Gasteiger partial charge in [0, 0.05) is 30.6 Å². The van der Waals surface area contributed by atoms with Gasteiger partial charge in [0.05, 0.1) is 37.8 Å². The number of aromatic nitrogens is 2. The van der Waals surface area contributed by atoms with Crippen LogP contribution >= 0.6 is 0 Å². The van der Waals surface area contributed by atoms with Crippen molar-refractivity contribution in [3.8, 4) is 11.5 Å². The fourth-order valence-electron chi connectivity index (χ4n) is 5.23. The van der Waals surface area contributed by atoms with Gasteiger partial charge in [0.1, 0.15) is 18.1 Å². The normalized spacial score (nSPS) is 13.9. The van der Waals surface area contributed by atoms with E-state index >= 15 is 0 Å². The Morgan fingerprint density at radius 3 is 2.56 bits per heavy atom. The van der Waals surface area contributed by atoms with Crippen LogP contribution in [0.1, 0.15) is 55.5 Å². The number of rotatable bonds is 16. The number of hydrogen-bond donors (Lipinski definition) is 4. The van der Waals surface area contributed by atoms with Gasteiger partial charge in [-0.05, 0) is 67.1 Å². The fraction of sp³-hybridized carbons (Fsp3) is 0.485. The molecule has 0 saturated heterocycles. The Balaban J connectivity index is 1.10. The lowest BCUT2D eigenvalue weighted by atomic mass is 9.96. The number of hydrogen-bond acceptors (Lipinski definition) is 7. The lowest BCUT2D eigenvalue weighted by Crippen LogP contribution is -2.48. The number of H-pyrrole nitrogens is 1. The number of aromatic amines is 1. The van der Waals surface area contributed by atoms with Gasteiger partial charge in [0.2, 0.25) is 17.7 Å². The number of fused-ring (bicyclic) bond motifs is 2. The Bertz CT molecular complexity index is 1470. The first-order valence-corrected chi connectivity index (χ1v) is 15.6. The van der Waals surface area contributed by atoms with Gasteiger partial charge in [-0.25, -0.2) is 0 Å². The smallest absolute Gasteiger partial charge is 0.251 e. The van der Waals surface area contributed by atoms with E-state index in [1.807, 2.05) is 44.2 Å². The summed E-state index contributed by atoms with van der Waals surface area (Å²) in [5.74, 6) is 0.243. The molecule has 242 valence electrons. The number of ether oxygens (including phenoxy) is 2.